The molecule has 11 heavy (non-hydrogen) atoms. The molecule has 4 heteroatoms. The van der Waals surface area contributed by atoms with E-state index in [0.29, 0.717) is 11.7 Å². The number of hydrogen-bond acceptors (Lipinski definition) is 3. The summed E-state index contributed by atoms with van der Waals surface area (Å²) in [5.41, 5.74) is 0.303. The Morgan fingerprint density at radius 2 is 2.64 bits per heavy atom. The van der Waals surface area contributed by atoms with Gasteiger partial charge in [-0.25, -0.2) is 0 Å². The monoisotopic (exact) mass is 151 g/mol. The first-order chi connectivity index (χ1) is 5.36. The number of amides is 1. The van der Waals surface area contributed by atoms with Gasteiger partial charge in [0.15, 0.2) is 5.69 Å². The molecule has 1 fully saturated rings. The smallest absolute Gasteiger partial charge is 0.273 e. The summed E-state index contributed by atoms with van der Waals surface area (Å²) >= 11 is 0. The van der Waals surface area contributed by atoms with Crippen LogP contribution in [0.25, 0.3) is 0 Å². The Kier molecular flexibility index (Phi) is 1.38. The van der Waals surface area contributed by atoms with E-state index in [2.05, 4.69) is 21.3 Å². The number of nitrogens with zero attached hydrogens (tertiary/aromatic N) is 1. The SMILES string of the molecule is O=C(NC1CC1)c1c[c]on1. The highest BCUT2D eigenvalue weighted by Crippen LogP contribution is 2.18. The summed E-state index contributed by atoms with van der Waals surface area (Å²) in [6.45, 7) is 0. The molecule has 1 saturated carbocycles. The van der Waals surface area contributed by atoms with Crippen molar-refractivity contribution in [2.75, 3.05) is 0 Å². The first-order valence-corrected chi connectivity index (χ1v) is 3.50. The van der Waals surface area contributed by atoms with Gasteiger partial charge >= 0.3 is 0 Å². The van der Waals surface area contributed by atoms with Crippen molar-refractivity contribution < 1.29 is 9.32 Å². The van der Waals surface area contributed by atoms with Crippen LogP contribution in [0.3, 0.4) is 0 Å². The fourth-order valence-corrected chi connectivity index (χ4v) is 0.778. The van der Waals surface area contributed by atoms with Gasteiger partial charge in [-0.15, -0.1) is 0 Å². The number of carbonyl (C=O) groups excluding carboxylic acids is 1. The van der Waals surface area contributed by atoms with Gasteiger partial charge in [0, 0.05) is 12.1 Å². The molecule has 1 radical (unpaired) electrons. The van der Waals surface area contributed by atoms with Crippen molar-refractivity contribution in [2.45, 2.75) is 18.9 Å². The van der Waals surface area contributed by atoms with E-state index >= 15 is 0 Å². The molecule has 1 aromatic rings. The third-order valence-corrected chi connectivity index (χ3v) is 1.54. The summed E-state index contributed by atoms with van der Waals surface area (Å²) in [4.78, 5) is 11.1. The largest absolute Gasteiger partial charge is 0.352 e. The second kappa shape index (κ2) is 2.38. The topological polar surface area (TPSA) is 55.1 Å². The summed E-state index contributed by atoms with van der Waals surface area (Å²) in [5, 5.41) is 6.23. The van der Waals surface area contributed by atoms with Crippen LogP contribution in [-0.2, 0) is 0 Å². The third kappa shape index (κ3) is 1.39. The lowest BCUT2D eigenvalue weighted by Crippen LogP contribution is -2.25. The van der Waals surface area contributed by atoms with Gasteiger partial charge < -0.3 is 9.84 Å². The van der Waals surface area contributed by atoms with Crippen LogP contribution in [0.15, 0.2) is 10.6 Å². The zero-order valence-electron chi connectivity index (χ0n) is 5.83. The van der Waals surface area contributed by atoms with Gasteiger partial charge in [-0.3, -0.25) is 4.79 Å². The molecule has 1 aliphatic rings. The summed E-state index contributed by atoms with van der Waals surface area (Å²) < 4.78 is 4.40. The Balaban J connectivity index is 1.99. The Labute approximate surface area is 63.6 Å². The van der Waals surface area contributed by atoms with Crippen LogP contribution in [0.2, 0.25) is 0 Å². The van der Waals surface area contributed by atoms with Gasteiger partial charge in [0.2, 0.25) is 6.26 Å². The van der Waals surface area contributed by atoms with Gasteiger partial charge in [0.05, 0.1) is 0 Å². The quantitative estimate of drug-likeness (QED) is 0.664. The molecule has 1 aromatic heterocycles. The van der Waals surface area contributed by atoms with Crippen LogP contribution in [-0.4, -0.2) is 17.1 Å². The first kappa shape index (κ1) is 6.39. The van der Waals surface area contributed by atoms with Gasteiger partial charge in [-0.1, -0.05) is 5.16 Å². The van der Waals surface area contributed by atoms with Crippen molar-refractivity contribution in [3.05, 3.63) is 18.0 Å². The van der Waals surface area contributed by atoms with Crippen LogP contribution in [0, 0.1) is 6.26 Å². The number of hydrogen-bond donors (Lipinski definition) is 1. The molecule has 0 unspecified atom stereocenters. The fourth-order valence-electron chi connectivity index (χ4n) is 0.778. The van der Waals surface area contributed by atoms with E-state index in [4.69, 9.17) is 0 Å². The third-order valence-electron chi connectivity index (χ3n) is 1.54. The van der Waals surface area contributed by atoms with Crippen molar-refractivity contribution in [2.24, 2.45) is 0 Å². The molecule has 0 atom stereocenters. The summed E-state index contributed by atoms with van der Waals surface area (Å²) in [6.07, 6.45) is 4.51. The maximum absolute atomic E-state index is 11.1. The Hall–Kier alpha value is -1.32. The molecule has 1 amide bonds. The van der Waals surface area contributed by atoms with Gasteiger partial charge in [-0.2, -0.15) is 0 Å². The maximum Gasteiger partial charge on any atom is 0.273 e. The van der Waals surface area contributed by atoms with E-state index in [1.54, 1.807) is 0 Å². The van der Waals surface area contributed by atoms with Gasteiger partial charge in [0.1, 0.15) is 0 Å². The van der Waals surface area contributed by atoms with Crippen LogP contribution < -0.4 is 5.32 Å². The fraction of sp³-hybridized carbons (Fsp3) is 0.429. The predicted octanol–water partition coefficient (Wildman–Crippen LogP) is 0.367. The molecule has 1 aliphatic carbocycles. The maximum atomic E-state index is 11.1. The molecule has 1 N–H and O–H groups in total. The molecule has 0 aliphatic heterocycles. The summed E-state index contributed by atoms with van der Waals surface area (Å²) in [7, 11) is 0. The van der Waals surface area contributed by atoms with Crippen molar-refractivity contribution in [1.82, 2.24) is 10.5 Å². The lowest BCUT2D eigenvalue weighted by molar-refractivity contribution is 0.0942. The van der Waals surface area contributed by atoms with Crippen molar-refractivity contribution in [3.8, 4) is 0 Å². The average molecular weight is 151 g/mol. The Bertz CT molecular complexity index is 251. The zero-order valence-corrected chi connectivity index (χ0v) is 5.83. The lowest BCUT2D eigenvalue weighted by Gasteiger charge is -1.96. The standard InChI is InChI=1S/C7H7N2O2/c10-7(8-5-1-2-5)6-3-4-11-9-6/h3,5H,1-2H2,(H,8,10). The molecule has 0 aromatic carbocycles. The van der Waals surface area contributed by atoms with Crippen LogP contribution in [0.4, 0.5) is 0 Å². The molecule has 1 heterocycles. The summed E-state index contributed by atoms with van der Waals surface area (Å²) in [6, 6.07) is 1.79. The Morgan fingerprint density at radius 3 is 3.18 bits per heavy atom. The zero-order chi connectivity index (χ0) is 7.68. The van der Waals surface area contributed by atoms with E-state index in [1.165, 1.54) is 6.07 Å². The highest BCUT2D eigenvalue weighted by molar-refractivity contribution is 5.92. The number of aromatic nitrogens is 1. The predicted molar refractivity (Wildman–Crippen MR) is 35.8 cm³/mol. The minimum absolute atomic E-state index is 0.169. The van der Waals surface area contributed by atoms with Crippen LogP contribution in [0.1, 0.15) is 23.3 Å². The molecule has 57 valence electrons. The second-order valence-corrected chi connectivity index (χ2v) is 2.58. The van der Waals surface area contributed by atoms with Crippen molar-refractivity contribution in [3.63, 3.8) is 0 Å². The normalized spacial score (nSPS) is 16.4. The van der Waals surface area contributed by atoms with Crippen LogP contribution in [0.5, 0.6) is 0 Å². The second-order valence-electron chi connectivity index (χ2n) is 2.58. The molecule has 0 bridgehead atoms. The lowest BCUT2D eigenvalue weighted by atomic mass is 10.4. The molecule has 2 rings (SSSR count). The number of carbonyl (C=O) groups is 1. The number of rotatable bonds is 2. The van der Waals surface area contributed by atoms with E-state index < -0.39 is 0 Å². The number of nitrogens with one attached hydrogen (secondary N) is 1. The first-order valence-electron chi connectivity index (χ1n) is 3.50. The van der Waals surface area contributed by atoms with Crippen molar-refractivity contribution >= 4 is 5.91 Å². The van der Waals surface area contributed by atoms with Crippen molar-refractivity contribution in [1.29, 1.82) is 0 Å². The molecule has 0 saturated heterocycles. The minimum atomic E-state index is -0.169. The highest BCUT2D eigenvalue weighted by Gasteiger charge is 2.24. The summed E-state index contributed by atoms with van der Waals surface area (Å²) in [5.74, 6) is -0.169. The minimum Gasteiger partial charge on any atom is -0.352 e. The van der Waals surface area contributed by atoms with E-state index in [1.807, 2.05) is 0 Å². The van der Waals surface area contributed by atoms with Gasteiger partial charge in [-0.05, 0) is 12.8 Å². The average Bonchev–Trinajstić information content (AvgIpc) is 2.67. The highest BCUT2D eigenvalue weighted by atomic mass is 16.5. The molecular weight excluding hydrogens is 144 g/mol. The molecule has 4 nitrogen and oxygen atoms in total. The van der Waals surface area contributed by atoms with E-state index in [9.17, 15) is 4.79 Å². The molecular formula is C7H7N2O2. The Morgan fingerprint density at radius 1 is 1.82 bits per heavy atom. The van der Waals surface area contributed by atoms with E-state index in [-0.39, 0.29) is 5.91 Å². The molecule has 0 spiro atoms. The van der Waals surface area contributed by atoms with E-state index in [0.717, 1.165) is 12.8 Å². The van der Waals surface area contributed by atoms with Gasteiger partial charge in [0.25, 0.3) is 5.91 Å². The van der Waals surface area contributed by atoms with Crippen LogP contribution >= 0.6 is 0 Å².